The number of hydrogen-bond donors (Lipinski definition) is 3. The maximum atomic E-state index is 11.8. The van der Waals surface area contributed by atoms with Crippen LogP contribution >= 0.6 is 12.4 Å². The van der Waals surface area contributed by atoms with E-state index in [-0.39, 0.29) is 43.1 Å². The van der Waals surface area contributed by atoms with E-state index in [9.17, 15) is 9.59 Å². The van der Waals surface area contributed by atoms with Crippen molar-refractivity contribution in [3.05, 3.63) is 35.4 Å². The standard InChI is InChI=1S/C18H29N3O2.ClH/c1-4-11-20-17(22)9-10-18(23)21-12-16(19)15-7-5-14(6-8-15)13(2)3;/h5-8,13,16H,4,9-12,19H2,1-3H3,(H,20,22)(H,21,23);1H. The average Bonchev–Trinajstić information content (AvgIpc) is 2.55. The Kier molecular flexibility index (Phi) is 11.1. The second kappa shape index (κ2) is 11.9. The Morgan fingerprint density at radius 2 is 1.50 bits per heavy atom. The zero-order chi connectivity index (χ0) is 17.2. The normalized spacial score (nSPS) is 11.5. The van der Waals surface area contributed by atoms with Gasteiger partial charge in [-0.3, -0.25) is 9.59 Å². The molecule has 0 aromatic heterocycles. The summed E-state index contributed by atoms with van der Waals surface area (Å²) in [5.41, 5.74) is 8.36. The van der Waals surface area contributed by atoms with Gasteiger partial charge in [0.2, 0.25) is 11.8 Å². The van der Waals surface area contributed by atoms with E-state index in [1.807, 2.05) is 19.1 Å². The molecule has 0 aliphatic heterocycles. The van der Waals surface area contributed by atoms with Gasteiger partial charge in [0.15, 0.2) is 0 Å². The molecule has 1 rings (SSSR count). The van der Waals surface area contributed by atoms with Gasteiger partial charge >= 0.3 is 0 Å². The first-order valence-electron chi connectivity index (χ1n) is 8.32. The third kappa shape index (κ3) is 8.31. The van der Waals surface area contributed by atoms with Crippen molar-refractivity contribution >= 4 is 24.2 Å². The summed E-state index contributed by atoms with van der Waals surface area (Å²) >= 11 is 0. The van der Waals surface area contributed by atoms with Crippen LogP contribution in [0.2, 0.25) is 0 Å². The summed E-state index contributed by atoms with van der Waals surface area (Å²) < 4.78 is 0. The molecule has 0 aliphatic carbocycles. The lowest BCUT2D eigenvalue weighted by Gasteiger charge is -2.14. The first-order chi connectivity index (χ1) is 10.9. The Morgan fingerprint density at radius 1 is 1.00 bits per heavy atom. The smallest absolute Gasteiger partial charge is 0.220 e. The van der Waals surface area contributed by atoms with Crippen LogP contribution in [0.3, 0.4) is 0 Å². The minimum absolute atomic E-state index is 0. The van der Waals surface area contributed by atoms with Gasteiger partial charge in [0.1, 0.15) is 0 Å². The molecule has 5 nitrogen and oxygen atoms in total. The summed E-state index contributed by atoms with van der Waals surface area (Å²) in [4.78, 5) is 23.2. The second-order valence-electron chi connectivity index (χ2n) is 6.08. The molecule has 1 aromatic rings. The van der Waals surface area contributed by atoms with Crippen LogP contribution in [0, 0.1) is 0 Å². The van der Waals surface area contributed by atoms with E-state index < -0.39 is 0 Å². The largest absolute Gasteiger partial charge is 0.356 e. The number of carbonyl (C=O) groups excluding carboxylic acids is 2. The molecule has 0 radical (unpaired) electrons. The van der Waals surface area contributed by atoms with Crippen LogP contribution in [0.15, 0.2) is 24.3 Å². The maximum absolute atomic E-state index is 11.8. The fourth-order valence-electron chi connectivity index (χ4n) is 2.14. The van der Waals surface area contributed by atoms with Crippen LogP contribution in [0.4, 0.5) is 0 Å². The highest BCUT2D eigenvalue weighted by Gasteiger charge is 2.10. The van der Waals surface area contributed by atoms with Crippen molar-refractivity contribution in [1.29, 1.82) is 0 Å². The quantitative estimate of drug-likeness (QED) is 0.636. The van der Waals surface area contributed by atoms with Gasteiger partial charge in [-0.05, 0) is 23.5 Å². The highest BCUT2D eigenvalue weighted by Crippen LogP contribution is 2.17. The van der Waals surface area contributed by atoms with E-state index >= 15 is 0 Å². The van der Waals surface area contributed by atoms with Crippen molar-refractivity contribution in [2.24, 2.45) is 5.73 Å². The molecule has 4 N–H and O–H groups in total. The van der Waals surface area contributed by atoms with E-state index in [2.05, 4.69) is 36.6 Å². The van der Waals surface area contributed by atoms with Crippen molar-refractivity contribution in [3.63, 3.8) is 0 Å². The molecule has 2 amide bonds. The van der Waals surface area contributed by atoms with Crippen LogP contribution in [-0.4, -0.2) is 24.9 Å². The van der Waals surface area contributed by atoms with E-state index in [0.29, 0.717) is 19.0 Å². The third-order valence-corrected chi connectivity index (χ3v) is 3.70. The molecule has 0 fully saturated rings. The molecule has 0 saturated carbocycles. The molecule has 0 saturated heterocycles. The van der Waals surface area contributed by atoms with Gasteiger partial charge in [0, 0.05) is 32.0 Å². The predicted molar refractivity (Wildman–Crippen MR) is 100 cm³/mol. The topological polar surface area (TPSA) is 84.2 Å². The number of amides is 2. The molecule has 1 aromatic carbocycles. The number of rotatable bonds is 9. The van der Waals surface area contributed by atoms with Crippen LogP contribution in [-0.2, 0) is 9.59 Å². The molecule has 0 spiro atoms. The lowest BCUT2D eigenvalue weighted by Crippen LogP contribution is -2.33. The molecule has 24 heavy (non-hydrogen) atoms. The first kappa shape index (κ1) is 22.4. The summed E-state index contributed by atoms with van der Waals surface area (Å²) in [6, 6.07) is 7.91. The summed E-state index contributed by atoms with van der Waals surface area (Å²) in [6.07, 6.45) is 1.29. The Bertz CT molecular complexity index is 503. The lowest BCUT2D eigenvalue weighted by molar-refractivity contribution is -0.126. The lowest BCUT2D eigenvalue weighted by atomic mass is 9.99. The Morgan fingerprint density at radius 3 is 2.00 bits per heavy atom. The maximum Gasteiger partial charge on any atom is 0.220 e. The summed E-state index contributed by atoms with van der Waals surface area (Å²) in [6.45, 7) is 7.30. The molecule has 136 valence electrons. The zero-order valence-electron chi connectivity index (χ0n) is 14.8. The van der Waals surface area contributed by atoms with Gasteiger partial charge in [0.05, 0.1) is 0 Å². The number of carbonyl (C=O) groups is 2. The van der Waals surface area contributed by atoms with Crippen molar-refractivity contribution in [2.75, 3.05) is 13.1 Å². The predicted octanol–water partition coefficient (Wildman–Crippen LogP) is 2.65. The van der Waals surface area contributed by atoms with Crippen molar-refractivity contribution in [3.8, 4) is 0 Å². The minimum Gasteiger partial charge on any atom is -0.356 e. The molecule has 1 atom stereocenters. The van der Waals surface area contributed by atoms with Crippen LogP contribution in [0.1, 0.15) is 63.1 Å². The van der Waals surface area contributed by atoms with Crippen molar-refractivity contribution < 1.29 is 9.59 Å². The molecule has 6 heteroatoms. The van der Waals surface area contributed by atoms with Crippen LogP contribution in [0.25, 0.3) is 0 Å². The first-order valence-corrected chi connectivity index (χ1v) is 8.32. The number of hydrogen-bond acceptors (Lipinski definition) is 3. The fourth-order valence-corrected chi connectivity index (χ4v) is 2.14. The molecule has 1 unspecified atom stereocenters. The van der Waals surface area contributed by atoms with E-state index in [0.717, 1.165) is 12.0 Å². The number of nitrogens with one attached hydrogen (secondary N) is 2. The summed E-state index contributed by atoms with van der Waals surface area (Å²) in [5, 5.41) is 5.53. The molecule has 0 aliphatic rings. The Labute approximate surface area is 151 Å². The van der Waals surface area contributed by atoms with Crippen LogP contribution < -0.4 is 16.4 Å². The van der Waals surface area contributed by atoms with Crippen molar-refractivity contribution in [1.82, 2.24) is 10.6 Å². The third-order valence-electron chi connectivity index (χ3n) is 3.70. The Balaban J connectivity index is 0.00000529. The van der Waals surface area contributed by atoms with Gasteiger partial charge in [-0.2, -0.15) is 0 Å². The summed E-state index contributed by atoms with van der Waals surface area (Å²) in [5.74, 6) is 0.250. The molecule has 0 heterocycles. The number of halogens is 1. The van der Waals surface area contributed by atoms with Crippen LogP contribution in [0.5, 0.6) is 0 Å². The number of benzene rings is 1. The van der Waals surface area contributed by atoms with E-state index in [4.69, 9.17) is 5.73 Å². The monoisotopic (exact) mass is 355 g/mol. The fraction of sp³-hybridized carbons (Fsp3) is 0.556. The molecular weight excluding hydrogens is 326 g/mol. The van der Waals surface area contributed by atoms with Gasteiger partial charge in [-0.25, -0.2) is 0 Å². The highest BCUT2D eigenvalue weighted by molar-refractivity contribution is 5.85. The average molecular weight is 356 g/mol. The van der Waals surface area contributed by atoms with Crippen molar-refractivity contribution in [2.45, 2.75) is 52.0 Å². The molecular formula is C18H30ClN3O2. The van der Waals surface area contributed by atoms with Gasteiger partial charge in [-0.15, -0.1) is 12.4 Å². The van der Waals surface area contributed by atoms with E-state index in [1.54, 1.807) is 0 Å². The zero-order valence-corrected chi connectivity index (χ0v) is 15.6. The summed E-state index contributed by atoms with van der Waals surface area (Å²) in [7, 11) is 0. The van der Waals surface area contributed by atoms with Gasteiger partial charge in [-0.1, -0.05) is 45.0 Å². The van der Waals surface area contributed by atoms with Gasteiger partial charge < -0.3 is 16.4 Å². The molecule has 0 bridgehead atoms. The Hall–Kier alpha value is -1.59. The number of nitrogens with two attached hydrogens (primary N) is 1. The van der Waals surface area contributed by atoms with E-state index in [1.165, 1.54) is 5.56 Å². The van der Waals surface area contributed by atoms with Gasteiger partial charge in [0.25, 0.3) is 0 Å². The second-order valence-corrected chi connectivity index (χ2v) is 6.08. The highest BCUT2D eigenvalue weighted by atomic mass is 35.5. The SMILES string of the molecule is CCCNC(=O)CCC(=O)NCC(N)c1ccc(C(C)C)cc1.Cl. The minimum atomic E-state index is -0.242.